The summed E-state index contributed by atoms with van der Waals surface area (Å²) in [5.74, 6) is 0.258. The quantitative estimate of drug-likeness (QED) is 0.675. The van der Waals surface area contributed by atoms with Gasteiger partial charge in [-0.2, -0.15) is 5.26 Å². The Morgan fingerprint density at radius 3 is 2.70 bits per heavy atom. The van der Waals surface area contributed by atoms with Gasteiger partial charge in [0.15, 0.2) is 0 Å². The van der Waals surface area contributed by atoms with Crippen LogP contribution in [0.5, 0.6) is 0 Å². The highest BCUT2D eigenvalue weighted by atomic mass is 19.1. The molecule has 0 saturated heterocycles. The maximum absolute atomic E-state index is 14.3. The van der Waals surface area contributed by atoms with Crippen LogP contribution in [0.3, 0.4) is 0 Å². The Balaban J connectivity index is 2.36. The van der Waals surface area contributed by atoms with Crippen molar-refractivity contribution in [3.05, 3.63) is 53.3 Å². The minimum absolute atomic E-state index is 0.274. The van der Waals surface area contributed by atoms with E-state index in [2.05, 4.69) is 11.1 Å². The largest absolute Gasteiger partial charge is 0.327 e. The first-order valence-electron chi connectivity index (χ1n) is 6.24. The lowest BCUT2D eigenvalue weighted by molar-refractivity contribution is 0.620. The number of hydrogen-bond donors (Lipinski definition) is 0. The van der Waals surface area contributed by atoms with Gasteiger partial charge in [-0.15, -0.1) is 0 Å². The van der Waals surface area contributed by atoms with Crippen molar-refractivity contribution in [1.82, 2.24) is 9.55 Å². The molecule has 0 unspecified atom stereocenters. The average molecular weight is 265 g/mol. The fourth-order valence-electron chi connectivity index (χ4n) is 2.37. The average Bonchev–Trinajstić information content (AvgIpc) is 2.79. The lowest BCUT2D eigenvalue weighted by Gasteiger charge is -2.05. The number of imidazole rings is 1. The third-order valence-corrected chi connectivity index (χ3v) is 3.46. The molecule has 0 aliphatic rings. The summed E-state index contributed by atoms with van der Waals surface area (Å²) < 4.78 is 16.1. The summed E-state index contributed by atoms with van der Waals surface area (Å²) in [5, 5.41) is 9.13. The molecule has 1 aromatic heterocycles. The standard InChI is InChI=1S/C16H12FN3/c1-10-5-3-7-12(14(10)17)16-19-15-11(9-18)6-4-8-13(15)20(16)2/h3-8H,1-2H3. The fourth-order valence-corrected chi connectivity index (χ4v) is 2.37. The molecule has 98 valence electrons. The van der Waals surface area contributed by atoms with Gasteiger partial charge in [0.1, 0.15) is 23.2 Å². The van der Waals surface area contributed by atoms with Crippen molar-refractivity contribution in [3.63, 3.8) is 0 Å². The molecule has 0 amide bonds. The van der Waals surface area contributed by atoms with Crippen molar-refractivity contribution in [3.8, 4) is 17.5 Å². The maximum atomic E-state index is 14.3. The molecular weight excluding hydrogens is 253 g/mol. The highest BCUT2D eigenvalue weighted by Gasteiger charge is 2.16. The van der Waals surface area contributed by atoms with Gasteiger partial charge in [0.05, 0.1) is 16.6 Å². The van der Waals surface area contributed by atoms with Gasteiger partial charge >= 0.3 is 0 Å². The number of benzene rings is 2. The molecule has 0 aliphatic carbocycles. The SMILES string of the molecule is Cc1cccc(-c2nc3c(C#N)cccc3n2C)c1F. The molecule has 0 saturated carbocycles. The molecule has 0 spiro atoms. The topological polar surface area (TPSA) is 41.6 Å². The summed E-state index contributed by atoms with van der Waals surface area (Å²) in [7, 11) is 1.83. The molecule has 0 bridgehead atoms. The van der Waals surface area contributed by atoms with Gasteiger partial charge in [-0.25, -0.2) is 9.37 Å². The summed E-state index contributed by atoms with van der Waals surface area (Å²) in [6.07, 6.45) is 0. The van der Waals surface area contributed by atoms with E-state index in [1.54, 1.807) is 37.3 Å². The Morgan fingerprint density at radius 2 is 1.95 bits per heavy atom. The van der Waals surface area contributed by atoms with Crippen LogP contribution in [-0.4, -0.2) is 9.55 Å². The van der Waals surface area contributed by atoms with E-state index < -0.39 is 0 Å². The molecule has 3 aromatic rings. The predicted molar refractivity (Wildman–Crippen MR) is 75.6 cm³/mol. The number of aromatic nitrogens is 2. The van der Waals surface area contributed by atoms with Crippen LogP contribution in [0.15, 0.2) is 36.4 Å². The van der Waals surface area contributed by atoms with Gasteiger partial charge in [-0.3, -0.25) is 0 Å². The normalized spacial score (nSPS) is 10.7. The van der Waals surface area contributed by atoms with Crippen molar-refractivity contribution in [2.24, 2.45) is 7.05 Å². The molecule has 4 heteroatoms. The van der Waals surface area contributed by atoms with E-state index in [4.69, 9.17) is 5.26 Å². The first-order valence-corrected chi connectivity index (χ1v) is 6.24. The monoisotopic (exact) mass is 265 g/mol. The number of hydrogen-bond acceptors (Lipinski definition) is 2. The Kier molecular flexibility index (Phi) is 2.76. The molecule has 3 rings (SSSR count). The van der Waals surface area contributed by atoms with Crippen LogP contribution in [0.2, 0.25) is 0 Å². The smallest absolute Gasteiger partial charge is 0.143 e. The van der Waals surface area contributed by atoms with E-state index in [9.17, 15) is 4.39 Å². The zero-order chi connectivity index (χ0) is 14.3. The van der Waals surface area contributed by atoms with Gasteiger partial charge in [0, 0.05) is 7.05 Å². The van der Waals surface area contributed by atoms with Gasteiger partial charge < -0.3 is 4.57 Å². The third kappa shape index (κ3) is 1.68. The van der Waals surface area contributed by atoms with Crippen LogP contribution in [0.1, 0.15) is 11.1 Å². The molecule has 0 aliphatic heterocycles. The zero-order valence-electron chi connectivity index (χ0n) is 11.2. The second-order valence-electron chi connectivity index (χ2n) is 4.72. The lowest BCUT2D eigenvalue weighted by atomic mass is 10.1. The maximum Gasteiger partial charge on any atom is 0.143 e. The molecule has 0 atom stereocenters. The number of halogens is 1. The van der Waals surface area contributed by atoms with Crippen LogP contribution < -0.4 is 0 Å². The molecule has 2 aromatic carbocycles. The van der Waals surface area contributed by atoms with Gasteiger partial charge in [0.2, 0.25) is 0 Å². The third-order valence-electron chi connectivity index (χ3n) is 3.46. The van der Waals surface area contributed by atoms with Crippen molar-refractivity contribution in [2.75, 3.05) is 0 Å². The summed E-state index contributed by atoms with van der Waals surface area (Å²) in [6.45, 7) is 1.72. The van der Waals surface area contributed by atoms with E-state index in [1.165, 1.54) is 0 Å². The van der Waals surface area contributed by atoms with Crippen molar-refractivity contribution >= 4 is 11.0 Å². The molecule has 3 nitrogen and oxygen atoms in total. The summed E-state index contributed by atoms with van der Waals surface area (Å²) >= 11 is 0. The van der Waals surface area contributed by atoms with E-state index in [-0.39, 0.29) is 5.82 Å². The van der Waals surface area contributed by atoms with E-state index in [1.807, 2.05) is 17.7 Å². The number of rotatable bonds is 1. The van der Waals surface area contributed by atoms with Crippen LogP contribution in [0, 0.1) is 24.1 Å². The molecule has 0 N–H and O–H groups in total. The highest BCUT2D eigenvalue weighted by Crippen LogP contribution is 2.28. The van der Waals surface area contributed by atoms with E-state index in [0.717, 1.165) is 5.52 Å². The summed E-state index contributed by atoms with van der Waals surface area (Å²) in [4.78, 5) is 4.46. The van der Waals surface area contributed by atoms with Crippen molar-refractivity contribution in [2.45, 2.75) is 6.92 Å². The number of fused-ring (bicyclic) bond motifs is 1. The number of nitrogens with zero attached hydrogens (tertiary/aromatic N) is 3. The van der Waals surface area contributed by atoms with Crippen LogP contribution in [-0.2, 0) is 7.05 Å². The first kappa shape index (κ1) is 12.4. The number of aryl methyl sites for hydroxylation is 2. The van der Waals surface area contributed by atoms with E-state index >= 15 is 0 Å². The predicted octanol–water partition coefficient (Wildman–Crippen LogP) is 3.56. The first-order chi connectivity index (χ1) is 9.63. The summed E-state index contributed by atoms with van der Waals surface area (Å²) in [6, 6.07) is 12.7. The second kappa shape index (κ2) is 4.46. The van der Waals surface area contributed by atoms with Crippen LogP contribution in [0.4, 0.5) is 4.39 Å². The molecule has 0 radical (unpaired) electrons. The number of para-hydroxylation sites is 1. The van der Waals surface area contributed by atoms with Gasteiger partial charge in [-0.05, 0) is 30.7 Å². The Bertz CT molecular complexity index is 856. The second-order valence-corrected chi connectivity index (χ2v) is 4.72. The van der Waals surface area contributed by atoms with Gasteiger partial charge in [0.25, 0.3) is 0 Å². The zero-order valence-corrected chi connectivity index (χ0v) is 11.2. The Morgan fingerprint density at radius 1 is 1.20 bits per heavy atom. The molecule has 0 fully saturated rings. The van der Waals surface area contributed by atoms with Crippen molar-refractivity contribution < 1.29 is 4.39 Å². The lowest BCUT2D eigenvalue weighted by Crippen LogP contribution is -1.96. The molecular formula is C16H12FN3. The molecule has 1 heterocycles. The van der Waals surface area contributed by atoms with Crippen LogP contribution in [0.25, 0.3) is 22.4 Å². The number of nitriles is 1. The van der Waals surface area contributed by atoms with Crippen LogP contribution >= 0.6 is 0 Å². The van der Waals surface area contributed by atoms with Crippen molar-refractivity contribution in [1.29, 1.82) is 5.26 Å². The minimum atomic E-state index is -0.274. The Hall–Kier alpha value is -2.67. The fraction of sp³-hybridized carbons (Fsp3) is 0.125. The molecule has 20 heavy (non-hydrogen) atoms. The Labute approximate surface area is 115 Å². The summed E-state index contributed by atoms with van der Waals surface area (Å²) in [5.41, 5.74) is 2.95. The van der Waals surface area contributed by atoms with E-state index in [0.29, 0.717) is 28.0 Å². The highest BCUT2D eigenvalue weighted by molar-refractivity contribution is 5.85. The minimum Gasteiger partial charge on any atom is -0.327 e. The van der Waals surface area contributed by atoms with Gasteiger partial charge in [-0.1, -0.05) is 18.2 Å².